The van der Waals surface area contributed by atoms with Gasteiger partial charge in [0.25, 0.3) is 5.69 Å². The molecule has 15 heavy (non-hydrogen) atoms. The lowest BCUT2D eigenvalue weighted by Gasteiger charge is -2.06. The summed E-state index contributed by atoms with van der Waals surface area (Å²) < 4.78 is 0. The molecule has 0 saturated carbocycles. The van der Waals surface area contributed by atoms with E-state index in [1.807, 2.05) is 6.26 Å². The number of nitrogens with two attached hydrogens (primary N) is 1. The van der Waals surface area contributed by atoms with Crippen molar-refractivity contribution in [3.05, 3.63) is 39.4 Å². The Morgan fingerprint density at radius 3 is 2.73 bits per heavy atom. The Bertz CT molecular complexity index is 355. The molecular weight excluding hydrogens is 212 g/mol. The second-order valence-electron chi connectivity index (χ2n) is 3.18. The number of hydrogen-bond donors (Lipinski definition) is 1. The maximum Gasteiger partial charge on any atom is 0.269 e. The van der Waals surface area contributed by atoms with E-state index < -0.39 is 0 Å². The van der Waals surface area contributed by atoms with Gasteiger partial charge in [-0.2, -0.15) is 11.8 Å². The van der Waals surface area contributed by atoms with Gasteiger partial charge in [-0.05, 0) is 30.3 Å². The van der Waals surface area contributed by atoms with Crippen LogP contribution in [-0.2, 0) is 12.2 Å². The Kier molecular flexibility index (Phi) is 4.58. The zero-order chi connectivity index (χ0) is 11.3. The molecular formula is C10H14N2O2S. The maximum atomic E-state index is 10.6. The predicted octanol–water partition coefficient (Wildman–Crippen LogP) is 1.96. The average Bonchev–Trinajstić information content (AvgIpc) is 2.21. The first-order chi connectivity index (χ1) is 7.19. The van der Waals surface area contributed by atoms with Gasteiger partial charge in [0.2, 0.25) is 0 Å². The Labute approximate surface area is 93.0 Å². The Morgan fingerprint density at radius 1 is 1.47 bits per heavy atom. The van der Waals surface area contributed by atoms with Gasteiger partial charge in [0, 0.05) is 17.9 Å². The van der Waals surface area contributed by atoms with E-state index in [2.05, 4.69) is 0 Å². The molecule has 0 spiro atoms. The monoisotopic (exact) mass is 226 g/mol. The molecule has 0 aromatic heterocycles. The molecule has 1 aromatic carbocycles. The Balaban J connectivity index is 3.02. The van der Waals surface area contributed by atoms with Crippen LogP contribution in [0.1, 0.15) is 11.1 Å². The molecule has 0 aliphatic heterocycles. The van der Waals surface area contributed by atoms with E-state index in [1.165, 1.54) is 6.07 Å². The molecule has 0 fully saturated rings. The van der Waals surface area contributed by atoms with Crippen molar-refractivity contribution in [1.29, 1.82) is 0 Å². The number of nitro benzene ring substituents is 1. The zero-order valence-electron chi connectivity index (χ0n) is 8.60. The minimum atomic E-state index is -0.365. The molecule has 0 bridgehead atoms. The molecule has 0 amide bonds. The number of nitro groups is 1. The van der Waals surface area contributed by atoms with Crippen LogP contribution < -0.4 is 5.73 Å². The fourth-order valence-corrected chi connectivity index (χ4v) is 1.99. The van der Waals surface area contributed by atoms with E-state index in [4.69, 9.17) is 5.73 Å². The summed E-state index contributed by atoms with van der Waals surface area (Å²) >= 11 is 1.65. The van der Waals surface area contributed by atoms with E-state index in [0.29, 0.717) is 6.54 Å². The lowest BCUT2D eigenvalue weighted by Crippen LogP contribution is -2.05. The molecule has 0 aliphatic rings. The van der Waals surface area contributed by atoms with Gasteiger partial charge in [0.1, 0.15) is 0 Å². The number of rotatable bonds is 5. The molecule has 0 heterocycles. The second-order valence-corrected chi connectivity index (χ2v) is 4.05. The van der Waals surface area contributed by atoms with Crippen LogP contribution in [0, 0.1) is 10.1 Å². The highest BCUT2D eigenvalue weighted by Crippen LogP contribution is 2.21. The number of non-ortho nitro benzene ring substituents is 1. The van der Waals surface area contributed by atoms with Gasteiger partial charge in [-0.1, -0.05) is 6.07 Å². The number of nitrogens with zero attached hydrogens (tertiary/aromatic N) is 1. The first-order valence-corrected chi connectivity index (χ1v) is 6.03. The highest BCUT2D eigenvalue weighted by atomic mass is 32.2. The summed E-state index contributed by atoms with van der Waals surface area (Å²) in [7, 11) is 0. The van der Waals surface area contributed by atoms with Crippen LogP contribution in [0.4, 0.5) is 5.69 Å². The van der Waals surface area contributed by atoms with Crippen molar-refractivity contribution in [2.24, 2.45) is 5.73 Å². The normalized spacial score (nSPS) is 10.3. The van der Waals surface area contributed by atoms with Crippen LogP contribution in [0.3, 0.4) is 0 Å². The molecule has 0 aliphatic carbocycles. The van der Waals surface area contributed by atoms with Gasteiger partial charge >= 0.3 is 0 Å². The summed E-state index contributed by atoms with van der Waals surface area (Å²) in [5.74, 6) is 0.789. The highest BCUT2D eigenvalue weighted by molar-refractivity contribution is 7.97. The smallest absolute Gasteiger partial charge is 0.269 e. The predicted molar refractivity (Wildman–Crippen MR) is 63.1 cm³/mol. The first-order valence-electron chi connectivity index (χ1n) is 4.64. The average molecular weight is 226 g/mol. The third kappa shape index (κ3) is 3.21. The molecule has 82 valence electrons. The van der Waals surface area contributed by atoms with Gasteiger partial charge in [0.15, 0.2) is 0 Å². The van der Waals surface area contributed by atoms with Crippen molar-refractivity contribution in [2.75, 3.05) is 12.8 Å². The largest absolute Gasteiger partial charge is 0.330 e. The van der Waals surface area contributed by atoms with Crippen LogP contribution in [0.25, 0.3) is 0 Å². The quantitative estimate of drug-likeness (QED) is 0.615. The number of thioether (sulfide) groups is 1. The summed E-state index contributed by atoms with van der Waals surface area (Å²) in [6.45, 7) is 0.569. The molecule has 1 aromatic rings. The lowest BCUT2D eigenvalue weighted by atomic mass is 10.1. The van der Waals surface area contributed by atoms with Gasteiger partial charge in [-0.25, -0.2) is 0 Å². The first kappa shape index (κ1) is 12.0. The van der Waals surface area contributed by atoms with Crippen molar-refractivity contribution >= 4 is 17.4 Å². The lowest BCUT2D eigenvalue weighted by molar-refractivity contribution is -0.384. The molecule has 5 heteroatoms. The van der Waals surface area contributed by atoms with Crippen molar-refractivity contribution in [1.82, 2.24) is 0 Å². The molecule has 4 nitrogen and oxygen atoms in total. The Morgan fingerprint density at radius 2 is 2.20 bits per heavy atom. The number of benzene rings is 1. The number of hydrogen-bond acceptors (Lipinski definition) is 4. The molecule has 0 unspecified atom stereocenters. The van der Waals surface area contributed by atoms with E-state index in [1.54, 1.807) is 23.9 Å². The van der Waals surface area contributed by atoms with E-state index in [-0.39, 0.29) is 10.6 Å². The summed E-state index contributed by atoms with van der Waals surface area (Å²) in [6.07, 6.45) is 2.75. The van der Waals surface area contributed by atoms with Crippen LogP contribution in [0.5, 0.6) is 0 Å². The van der Waals surface area contributed by atoms with Crippen LogP contribution in [0.2, 0.25) is 0 Å². The minimum Gasteiger partial charge on any atom is -0.330 e. The van der Waals surface area contributed by atoms with Crippen molar-refractivity contribution in [3.8, 4) is 0 Å². The molecule has 0 radical (unpaired) electrons. The van der Waals surface area contributed by atoms with Crippen molar-refractivity contribution in [3.63, 3.8) is 0 Å². The topological polar surface area (TPSA) is 69.2 Å². The van der Waals surface area contributed by atoms with Crippen LogP contribution >= 0.6 is 11.8 Å². The van der Waals surface area contributed by atoms with E-state index in [0.717, 1.165) is 23.3 Å². The van der Waals surface area contributed by atoms with Crippen LogP contribution in [-0.4, -0.2) is 17.7 Å². The third-order valence-electron chi connectivity index (χ3n) is 2.11. The standard InChI is InChI=1S/C10H14N2O2S/c1-15-7-9-6-10(12(13)14)3-2-8(9)4-5-11/h2-3,6H,4-5,7,11H2,1H3. The highest BCUT2D eigenvalue weighted by Gasteiger charge is 2.09. The Hall–Kier alpha value is -1.07. The van der Waals surface area contributed by atoms with Gasteiger partial charge in [-0.3, -0.25) is 10.1 Å². The van der Waals surface area contributed by atoms with Crippen LogP contribution in [0.15, 0.2) is 18.2 Å². The van der Waals surface area contributed by atoms with Gasteiger partial charge in [-0.15, -0.1) is 0 Å². The minimum absolute atomic E-state index is 0.153. The van der Waals surface area contributed by atoms with E-state index >= 15 is 0 Å². The van der Waals surface area contributed by atoms with Gasteiger partial charge in [0.05, 0.1) is 4.92 Å². The van der Waals surface area contributed by atoms with Crippen molar-refractivity contribution in [2.45, 2.75) is 12.2 Å². The molecule has 0 atom stereocenters. The second kappa shape index (κ2) is 5.72. The summed E-state index contributed by atoms with van der Waals surface area (Å²) in [6, 6.07) is 4.98. The van der Waals surface area contributed by atoms with Crippen molar-refractivity contribution < 1.29 is 4.92 Å². The zero-order valence-corrected chi connectivity index (χ0v) is 9.42. The maximum absolute atomic E-state index is 10.6. The summed E-state index contributed by atoms with van der Waals surface area (Å²) in [5, 5.41) is 10.6. The summed E-state index contributed by atoms with van der Waals surface area (Å²) in [5.41, 5.74) is 7.76. The fourth-order valence-electron chi connectivity index (χ4n) is 1.42. The third-order valence-corrected chi connectivity index (χ3v) is 2.71. The molecule has 0 saturated heterocycles. The van der Waals surface area contributed by atoms with Gasteiger partial charge < -0.3 is 5.73 Å². The molecule has 2 N–H and O–H groups in total. The SMILES string of the molecule is CSCc1cc([N+](=O)[O-])ccc1CCN. The molecule has 1 rings (SSSR count). The summed E-state index contributed by atoms with van der Waals surface area (Å²) in [4.78, 5) is 10.2. The fraction of sp³-hybridized carbons (Fsp3) is 0.400. The van der Waals surface area contributed by atoms with E-state index in [9.17, 15) is 10.1 Å².